The quantitative estimate of drug-likeness (QED) is 0.684. The van der Waals surface area contributed by atoms with Crippen molar-refractivity contribution >= 4 is 23.6 Å². The van der Waals surface area contributed by atoms with E-state index in [1.165, 1.54) is 23.6 Å². The first-order valence-corrected chi connectivity index (χ1v) is 4.99. The minimum absolute atomic E-state index is 0.175. The summed E-state index contributed by atoms with van der Waals surface area (Å²) in [6.07, 6.45) is 0. The van der Waals surface area contributed by atoms with E-state index in [1.54, 1.807) is 0 Å². The van der Waals surface area contributed by atoms with E-state index in [4.69, 9.17) is 5.11 Å². The Morgan fingerprint density at radius 2 is 2.08 bits per heavy atom. The summed E-state index contributed by atoms with van der Waals surface area (Å²) in [6, 6.07) is -0.699. The van der Waals surface area contributed by atoms with E-state index >= 15 is 0 Å². The molecule has 1 aliphatic heterocycles. The Labute approximate surface area is 81.3 Å². The normalized spacial score (nSPS) is 26.1. The molecule has 1 N–H and O–H groups in total. The maximum Gasteiger partial charge on any atom is 0.327 e. The highest BCUT2D eigenvalue weighted by molar-refractivity contribution is 8.00. The van der Waals surface area contributed by atoms with Gasteiger partial charge in [0.25, 0.3) is 0 Å². The molecule has 1 aliphatic rings. The Morgan fingerprint density at radius 1 is 1.54 bits per heavy atom. The van der Waals surface area contributed by atoms with E-state index < -0.39 is 16.8 Å². The highest BCUT2D eigenvalue weighted by Gasteiger charge is 2.47. The molecule has 0 spiro atoms. The number of thioether (sulfide) groups is 1. The Balaban J connectivity index is 2.92. The number of aliphatic carboxylic acids is 1. The van der Waals surface area contributed by atoms with Gasteiger partial charge in [0.15, 0.2) is 0 Å². The Hall–Kier alpha value is -0.710. The Morgan fingerprint density at radius 3 is 2.38 bits per heavy atom. The third-order valence-corrected chi connectivity index (χ3v) is 3.56. The van der Waals surface area contributed by atoms with Gasteiger partial charge in [-0.25, -0.2) is 4.79 Å². The highest BCUT2D eigenvalue weighted by Crippen LogP contribution is 2.39. The molecule has 1 amide bonds. The SMILES string of the molecule is CC(=O)N1CSC(C)(C)[C@H]1C(=O)O. The zero-order valence-corrected chi connectivity index (χ0v) is 8.72. The monoisotopic (exact) mass is 203 g/mol. The van der Waals surface area contributed by atoms with Gasteiger partial charge in [0.2, 0.25) is 5.91 Å². The lowest BCUT2D eigenvalue weighted by Crippen LogP contribution is -2.47. The second kappa shape index (κ2) is 3.21. The molecule has 13 heavy (non-hydrogen) atoms. The van der Waals surface area contributed by atoms with Crippen LogP contribution in [0.3, 0.4) is 0 Å². The van der Waals surface area contributed by atoms with Gasteiger partial charge in [-0.15, -0.1) is 11.8 Å². The molecule has 5 heteroatoms. The van der Waals surface area contributed by atoms with Crippen molar-refractivity contribution in [1.82, 2.24) is 4.90 Å². The predicted molar refractivity (Wildman–Crippen MR) is 50.5 cm³/mol. The fourth-order valence-corrected chi connectivity index (χ4v) is 2.66. The molecule has 0 unspecified atom stereocenters. The number of carboxylic acids is 1. The van der Waals surface area contributed by atoms with Crippen LogP contribution in [0.15, 0.2) is 0 Å². The molecular formula is C8H13NO3S. The second-order valence-corrected chi connectivity index (χ2v) is 5.21. The van der Waals surface area contributed by atoms with Crippen molar-refractivity contribution in [3.8, 4) is 0 Å². The lowest BCUT2D eigenvalue weighted by atomic mass is 10.0. The minimum Gasteiger partial charge on any atom is -0.480 e. The maximum atomic E-state index is 11.1. The van der Waals surface area contributed by atoms with E-state index in [0.717, 1.165) is 0 Å². The van der Waals surface area contributed by atoms with Crippen molar-refractivity contribution in [1.29, 1.82) is 0 Å². The molecule has 0 saturated carbocycles. The first-order valence-electron chi connectivity index (χ1n) is 4.00. The summed E-state index contributed by atoms with van der Waals surface area (Å²) in [7, 11) is 0. The van der Waals surface area contributed by atoms with Crippen LogP contribution in [0.1, 0.15) is 20.8 Å². The Kier molecular flexibility index (Phi) is 2.56. The lowest BCUT2D eigenvalue weighted by Gasteiger charge is -2.26. The van der Waals surface area contributed by atoms with Gasteiger partial charge < -0.3 is 10.0 Å². The van der Waals surface area contributed by atoms with Gasteiger partial charge in [-0.1, -0.05) is 0 Å². The van der Waals surface area contributed by atoms with Crippen LogP contribution in [0.4, 0.5) is 0 Å². The summed E-state index contributed by atoms with van der Waals surface area (Å²) in [6.45, 7) is 5.09. The summed E-state index contributed by atoms with van der Waals surface area (Å²) in [5.41, 5.74) is 0. The highest BCUT2D eigenvalue weighted by atomic mass is 32.2. The van der Waals surface area contributed by atoms with Gasteiger partial charge >= 0.3 is 5.97 Å². The number of hydrogen-bond acceptors (Lipinski definition) is 3. The number of carbonyl (C=O) groups is 2. The number of nitrogens with zero attached hydrogens (tertiary/aromatic N) is 1. The fraction of sp³-hybridized carbons (Fsp3) is 0.750. The van der Waals surface area contributed by atoms with Crippen LogP contribution >= 0.6 is 11.8 Å². The molecular weight excluding hydrogens is 190 g/mol. The van der Waals surface area contributed by atoms with E-state index in [2.05, 4.69) is 0 Å². The van der Waals surface area contributed by atoms with Crippen LogP contribution in [0.25, 0.3) is 0 Å². The van der Waals surface area contributed by atoms with Crippen LogP contribution in [0.5, 0.6) is 0 Å². The number of carboxylic acid groups (broad SMARTS) is 1. The van der Waals surface area contributed by atoms with E-state index in [9.17, 15) is 9.59 Å². The summed E-state index contributed by atoms with van der Waals surface area (Å²) in [4.78, 5) is 23.4. The average Bonchev–Trinajstić information content (AvgIpc) is 2.24. The van der Waals surface area contributed by atoms with Crippen LogP contribution < -0.4 is 0 Å². The van der Waals surface area contributed by atoms with Gasteiger partial charge in [-0.05, 0) is 13.8 Å². The van der Waals surface area contributed by atoms with Gasteiger partial charge in [0, 0.05) is 11.7 Å². The van der Waals surface area contributed by atoms with E-state index in [-0.39, 0.29) is 5.91 Å². The van der Waals surface area contributed by atoms with E-state index in [0.29, 0.717) is 5.88 Å². The van der Waals surface area contributed by atoms with Gasteiger partial charge in [-0.3, -0.25) is 4.79 Å². The van der Waals surface area contributed by atoms with Crippen LogP contribution in [-0.2, 0) is 9.59 Å². The third-order valence-electron chi connectivity index (χ3n) is 2.18. The largest absolute Gasteiger partial charge is 0.480 e. The molecule has 0 radical (unpaired) electrons. The minimum atomic E-state index is -0.926. The molecule has 1 fully saturated rings. The summed E-state index contributed by atoms with van der Waals surface area (Å²) in [5.74, 6) is -0.630. The smallest absolute Gasteiger partial charge is 0.327 e. The number of hydrogen-bond donors (Lipinski definition) is 1. The fourth-order valence-electron chi connectivity index (χ4n) is 1.47. The standard InChI is InChI=1S/C8H13NO3S/c1-5(10)9-4-13-8(2,3)6(9)7(11)12/h6H,4H2,1-3H3,(H,11,12)/t6-/m1/s1. The van der Waals surface area contributed by atoms with Gasteiger partial charge in [-0.2, -0.15) is 0 Å². The number of rotatable bonds is 1. The molecule has 1 heterocycles. The zero-order chi connectivity index (χ0) is 10.2. The van der Waals surface area contributed by atoms with Crippen LogP contribution in [-0.4, -0.2) is 38.5 Å². The topological polar surface area (TPSA) is 57.6 Å². The Bertz CT molecular complexity index is 252. The van der Waals surface area contributed by atoms with Crippen LogP contribution in [0.2, 0.25) is 0 Å². The van der Waals surface area contributed by atoms with Crippen molar-refractivity contribution in [3.63, 3.8) is 0 Å². The molecule has 1 saturated heterocycles. The molecule has 0 aromatic carbocycles. The summed E-state index contributed by atoms with van der Waals surface area (Å²) < 4.78 is -0.391. The van der Waals surface area contributed by atoms with E-state index in [1.807, 2.05) is 13.8 Å². The van der Waals surface area contributed by atoms with Gasteiger partial charge in [0.1, 0.15) is 6.04 Å². The first-order chi connectivity index (χ1) is 5.86. The molecule has 74 valence electrons. The van der Waals surface area contributed by atoms with Crippen molar-refractivity contribution in [2.45, 2.75) is 31.6 Å². The summed E-state index contributed by atoms with van der Waals surface area (Å²) in [5, 5.41) is 8.96. The third kappa shape index (κ3) is 1.80. The second-order valence-electron chi connectivity index (χ2n) is 3.61. The molecule has 0 aromatic rings. The summed E-state index contributed by atoms with van der Waals surface area (Å²) >= 11 is 1.50. The van der Waals surface area contributed by atoms with Crippen molar-refractivity contribution in [2.75, 3.05) is 5.88 Å². The zero-order valence-electron chi connectivity index (χ0n) is 7.90. The lowest BCUT2D eigenvalue weighted by molar-refractivity contribution is -0.148. The predicted octanol–water partition coefficient (Wildman–Crippen LogP) is 0.771. The van der Waals surface area contributed by atoms with Crippen molar-refractivity contribution in [2.24, 2.45) is 0 Å². The first kappa shape index (κ1) is 10.4. The molecule has 1 atom stereocenters. The number of carbonyl (C=O) groups excluding carboxylic acids is 1. The maximum absolute atomic E-state index is 11.1. The molecule has 0 bridgehead atoms. The van der Waals surface area contributed by atoms with Gasteiger partial charge in [0.05, 0.1) is 5.88 Å². The molecule has 0 aliphatic carbocycles. The van der Waals surface area contributed by atoms with Crippen molar-refractivity contribution in [3.05, 3.63) is 0 Å². The average molecular weight is 203 g/mol. The molecule has 1 rings (SSSR count). The molecule has 4 nitrogen and oxygen atoms in total. The van der Waals surface area contributed by atoms with Crippen molar-refractivity contribution < 1.29 is 14.7 Å². The van der Waals surface area contributed by atoms with Crippen LogP contribution in [0, 0.1) is 0 Å². The number of amides is 1. The molecule has 0 aromatic heterocycles.